The van der Waals surface area contributed by atoms with Crippen molar-refractivity contribution in [3.8, 4) is 0 Å². The number of halogens is 4. The number of carbonyl (C=O) groups excluding carboxylic acids is 1. The van der Waals surface area contributed by atoms with E-state index < -0.39 is 7.11 Å². The van der Waals surface area contributed by atoms with Gasteiger partial charge in [-0.3, -0.25) is 0 Å². The fraction of sp³-hybridized carbons (Fsp3) is 0. The van der Waals surface area contributed by atoms with Crippen LogP contribution in [0.3, 0.4) is 0 Å². The Balaban J connectivity index is 2.12. The summed E-state index contributed by atoms with van der Waals surface area (Å²) in [6.07, 6.45) is 1.52. The SMILES string of the molecule is F[B-]1(F)OC(c2ccccc2I)=CC(c2ccccc2I)=[O+]1. The molecule has 1 aliphatic heterocycles. The second-order valence-corrected chi connectivity index (χ2v) is 6.93. The molecule has 0 amide bonds. The molecule has 2 aromatic rings. The van der Waals surface area contributed by atoms with Crippen molar-refractivity contribution in [2.24, 2.45) is 0 Å². The van der Waals surface area contributed by atoms with Crippen molar-refractivity contribution in [3.63, 3.8) is 0 Å². The molecule has 0 saturated carbocycles. The van der Waals surface area contributed by atoms with Gasteiger partial charge in [-0.1, -0.05) is 30.3 Å². The second kappa shape index (κ2) is 6.27. The van der Waals surface area contributed by atoms with Crippen molar-refractivity contribution in [2.75, 3.05) is 0 Å². The molecule has 0 atom stereocenters. The largest absolute Gasteiger partial charge is 0.995 e. The van der Waals surface area contributed by atoms with Crippen LogP contribution in [0.4, 0.5) is 8.63 Å². The lowest BCUT2D eigenvalue weighted by molar-refractivity contribution is -0.183. The average Bonchev–Trinajstić information content (AvgIpc) is 2.46. The maximum Gasteiger partial charge on any atom is 0.995 e. The van der Waals surface area contributed by atoms with Gasteiger partial charge in [0, 0.05) is 12.7 Å². The minimum absolute atomic E-state index is 0.121. The summed E-state index contributed by atoms with van der Waals surface area (Å²) < 4.78 is 39.0. The maximum atomic E-state index is 13.9. The van der Waals surface area contributed by atoms with E-state index in [1.165, 1.54) is 6.08 Å². The van der Waals surface area contributed by atoms with Crippen LogP contribution in [0.5, 0.6) is 0 Å². The Bertz CT molecular complexity index is 791. The highest BCUT2D eigenvalue weighted by Crippen LogP contribution is 2.31. The van der Waals surface area contributed by atoms with Crippen molar-refractivity contribution >= 4 is 63.8 Å². The topological polar surface area (TPSA) is 20.5 Å². The van der Waals surface area contributed by atoms with E-state index in [0.717, 1.165) is 7.14 Å². The van der Waals surface area contributed by atoms with E-state index in [2.05, 4.69) is 45.2 Å². The van der Waals surface area contributed by atoms with E-state index in [1.807, 2.05) is 24.3 Å². The van der Waals surface area contributed by atoms with Crippen LogP contribution in [0.15, 0.2) is 54.6 Å². The predicted octanol–water partition coefficient (Wildman–Crippen LogP) is 5.06. The van der Waals surface area contributed by atoms with Gasteiger partial charge in [0.25, 0.3) is 5.78 Å². The van der Waals surface area contributed by atoms with Gasteiger partial charge in [0.2, 0.25) is 0 Å². The lowest BCUT2D eigenvalue weighted by Gasteiger charge is -2.21. The third-order valence-electron chi connectivity index (χ3n) is 3.07. The first-order valence-corrected chi connectivity index (χ1v) is 8.58. The first-order chi connectivity index (χ1) is 10.5. The summed E-state index contributed by atoms with van der Waals surface area (Å²) in [5, 5.41) is 0. The molecule has 2 nitrogen and oxygen atoms in total. The Morgan fingerprint density at radius 1 is 0.864 bits per heavy atom. The molecule has 0 unspecified atom stereocenters. The smallest absolute Gasteiger partial charge is 0.569 e. The zero-order valence-electron chi connectivity index (χ0n) is 11.1. The highest BCUT2D eigenvalue weighted by Gasteiger charge is 2.53. The Labute approximate surface area is 153 Å². The average molecular weight is 524 g/mol. The Kier molecular flexibility index (Phi) is 4.53. The van der Waals surface area contributed by atoms with E-state index in [1.54, 1.807) is 24.3 Å². The highest BCUT2D eigenvalue weighted by atomic mass is 127. The van der Waals surface area contributed by atoms with E-state index >= 15 is 0 Å². The van der Waals surface area contributed by atoms with Gasteiger partial charge in [-0.05, 0) is 63.4 Å². The number of hydrogen-bond acceptors (Lipinski definition) is 1. The molecular formula is C15H9BF2I2O2. The number of hydrogen-bond donors (Lipinski definition) is 0. The van der Waals surface area contributed by atoms with Crippen LogP contribution >= 0.6 is 45.2 Å². The van der Waals surface area contributed by atoms with Crippen LogP contribution in [-0.2, 0) is 4.65 Å². The molecule has 112 valence electrons. The summed E-state index contributed by atoms with van der Waals surface area (Å²) >= 11 is 4.19. The van der Waals surface area contributed by atoms with Crippen LogP contribution in [0, 0.1) is 7.14 Å². The van der Waals surface area contributed by atoms with Gasteiger partial charge < -0.3 is 17.6 Å². The van der Waals surface area contributed by atoms with Crippen LogP contribution in [0.1, 0.15) is 15.5 Å². The van der Waals surface area contributed by atoms with Crippen LogP contribution in [0.2, 0.25) is 0 Å². The summed E-state index contributed by atoms with van der Waals surface area (Å²) in [7, 11) is -4.39. The Hall–Kier alpha value is -0.965. The zero-order chi connectivity index (χ0) is 15.7. The van der Waals surface area contributed by atoms with E-state index in [0.29, 0.717) is 11.1 Å². The van der Waals surface area contributed by atoms with E-state index in [4.69, 9.17) is 9.00 Å². The molecule has 0 aliphatic carbocycles. The van der Waals surface area contributed by atoms with Gasteiger partial charge in [0.05, 0.1) is 17.4 Å². The third-order valence-corrected chi connectivity index (χ3v) is 4.95. The number of rotatable bonds is 2. The second-order valence-electron chi connectivity index (χ2n) is 4.60. The summed E-state index contributed by atoms with van der Waals surface area (Å²) in [5.41, 5.74) is 1.24. The molecule has 0 aromatic heterocycles. The number of ketones is 1. The lowest BCUT2D eigenvalue weighted by atomic mass is 10.0. The van der Waals surface area contributed by atoms with E-state index in [-0.39, 0.29) is 11.5 Å². The Morgan fingerprint density at radius 3 is 2.00 bits per heavy atom. The summed E-state index contributed by atoms with van der Waals surface area (Å²) in [5.74, 6) is 0.242. The van der Waals surface area contributed by atoms with Gasteiger partial charge in [-0.25, -0.2) is 0 Å². The molecule has 0 fully saturated rings. The fourth-order valence-corrected chi connectivity index (χ4v) is 3.42. The van der Waals surface area contributed by atoms with Gasteiger partial charge in [-0.15, -0.1) is 0 Å². The molecule has 22 heavy (non-hydrogen) atoms. The zero-order valence-corrected chi connectivity index (χ0v) is 15.4. The minimum Gasteiger partial charge on any atom is -0.569 e. The number of allylic oxidation sites excluding steroid dienone is 1. The fourth-order valence-electron chi connectivity index (χ4n) is 2.11. The molecule has 1 heterocycles. The first-order valence-electron chi connectivity index (χ1n) is 6.43. The van der Waals surface area contributed by atoms with Crippen molar-refractivity contribution in [1.29, 1.82) is 0 Å². The third kappa shape index (κ3) is 3.34. The molecule has 0 spiro atoms. The normalized spacial score (nSPS) is 16.5. The quantitative estimate of drug-likeness (QED) is 0.306. The molecule has 0 saturated heterocycles. The molecule has 0 N–H and O–H groups in total. The highest BCUT2D eigenvalue weighted by molar-refractivity contribution is 14.1. The van der Waals surface area contributed by atoms with Gasteiger partial charge in [-0.2, -0.15) is 0 Å². The van der Waals surface area contributed by atoms with Crippen molar-refractivity contribution < 1.29 is 17.6 Å². The van der Waals surface area contributed by atoms with E-state index in [9.17, 15) is 8.63 Å². The molecule has 0 radical (unpaired) electrons. The summed E-state index contributed by atoms with van der Waals surface area (Å²) in [6, 6.07) is 14.4. The molecule has 2 aromatic carbocycles. The van der Waals surface area contributed by atoms with Gasteiger partial charge >= 0.3 is 7.11 Å². The molecular weight excluding hydrogens is 515 g/mol. The molecule has 7 heteroatoms. The number of benzene rings is 2. The minimum atomic E-state index is -4.39. The predicted molar refractivity (Wildman–Crippen MR) is 99.7 cm³/mol. The molecule has 0 bridgehead atoms. The molecule has 1 aliphatic rings. The van der Waals surface area contributed by atoms with Gasteiger partial charge in [0.1, 0.15) is 0 Å². The standard InChI is InChI=1S/C15H9BF2I2O2/c17-16(18)21-14(10-5-1-3-7-12(10)19)9-15(22-16)11-6-2-4-8-13(11)20/h1-9H. The van der Waals surface area contributed by atoms with Gasteiger partial charge in [0.15, 0.2) is 0 Å². The molecule has 3 rings (SSSR count). The monoisotopic (exact) mass is 524 g/mol. The van der Waals surface area contributed by atoms with Crippen molar-refractivity contribution in [2.45, 2.75) is 0 Å². The van der Waals surface area contributed by atoms with Crippen LogP contribution in [0.25, 0.3) is 5.76 Å². The Morgan fingerprint density at radius 2 is 1.41 bits per heavy atom. The summed E-state index contributed by atoms with van der Waals surface area (Å²) in [4.78, 5) is 0. The maximum absolute atomic E-state index is 13.9. The lowest BCUT2D eigenvalue weighted by Crippen LogP contribution is -2.31. The van der Waals surface area contributed by atoms with Crippen molar-refractivity contribution in [3.05, 3.63) is 72.9 Å². The van der Waals surface area contributed by atoms with Crippen LogP contribution < -0.4 is 0 Å². The van der Waals surface area contributed by atoms with Crippen molar-refractivity contribution in [1.82, 2.24) is 0 Å². The first kappa shape index (κ1) is 15.9. The summed E-state index contributed by atoms with van der Waals surface area (Å²) in [6.45, 7) is 0. The van der Waals surface area contributed by atoms with Crippen LogP contribution in [-0.4, -0.2) is 12.9 Å².